The zero-order chi connectivity index (χ0) is 21.8. The van der Waals surface area contributed by atoms with Crippen LogP contribution in [0.1, 0.15) is 31.7 Å². The van der Waals surface area contributed by atoms with Crippen LogP contribution in [0.2, 0.25) is 0 Å². The summed E-state index contributed by atoms with van der Waals surface area (Å²) in [7, 11) is 0. The highest BCUT2D eigenvalue weighted by atomic mass is 16.6. The minimum absolute atomic E-state index is 0.00462. The molecule has 9 heteroatoms. The summed E-state index contributed by atoms with van der Waals surface area (Å²) in [5.41, 5.74) is 1.42. The van der Waals surface area contributed by atoms with E-state index in [-0.39, 0.29) is 23.6 Å². The first-order valence-electron chi connectivity index (χ1n) is 10.2. The monoisotopic (exact) mass is 421 g/mol. The van der Waals surface area contributed by atoms with E-state index in [0.29, 0.717) is 23.9 Å². The number of nitrogens with one attached hydrogen (secondary N) is 1. The number of nitro groups is 1. The Balaban J connectivity index is 1.41. The van der Waals surface area contributed by atoms with Crippen LogP contribution in [-0.4, -0.2) is 39.0 Å². The van der Waals surface area contributed by atoms with Crippen LogP contribution in [0.5, 0.6) is 0 Å². The lowest BCUT2D eigenvalue weighted by Crippen LogP contribution is -2.41. The molecule has 1 aliphatic heterocycles. The summed E-state index contributed by atoms with van der Waals surface area (Å²) >= 11 is 0. The van der Waals surface area contributed by atoms with Crippen molar-refractivity contribution < 1.29 is 14.1 Å². The maximum absolute atomic E-state index is 12.7. The molecule has 1 N–H and O–H groups in total. The van der Waals surface area contributed by atoms with Crippen LogP contribution in [0.15, 0.2) is 59.0 Å². The Hall–Kier alpha value is -3.59. The molecule has 2 atom stereocenters. The Morgan fingerprint density at radius 1 is 1.19 bits per heavy atom. The van der Waals surface area contributed by atoms with Gasteiger partial charge in [-0.3, -0.25) is 19.8 Å². The molecule has 4 rings (SSSR count). The summed E-state index contributed by atoms with van der Waals surface area (Å²) in [6.07, 6.45) is 1.74. The highest BCUT2D eigenvalue weighted by molar-refractivity contribution is 5.92. The van der Waals surface area contributed by atoms with Gasteiger partial charge in [-0.15, -0.1) is 10.2 Å². The van der Waals surface area contributed by atoms with E-state index in [1.165, 1.54) is 12.1 Å². The molecule has 0 unspecified atom stereocenters. The van der Waals surface area contributed by atoms with E-state index < -0.39 is 4.92 Å². The van der Waals surface area contributed by atoms with Crippen molar-refractivity contribution >= 4 is 17.3 Å². The molecular weight excluding hydrogens is 398 g/mol. The number of carbonyl (C=O) groups is 1. The summed E-state index contributed by atoms with van der Waals surface area (Å²) in [5.74, 6) is 0.665. The SMILES string of the molecule is C[C@H](c1nnc(-c2ccc([N+](=O)[O-])cc2)o1)N1CCC[C@H](C(=O)Nc2ccccc2)C1. The van der Waals surface area contributed by atoms with Gasteiger partial charge in [0.25, 0.3) is 5.69 Å². The second-order valence-electron chi connectivity index (χ2n) is 7.61. The van der Waals surface area contributed by atoms with Crippen LogP contribution in [0.4, 0.5) is 11.4 Å². The standard InChI is InChI=1S/C22H23N5O4/c1-15(21-24-25-22(31-21)16-9-11-19(12-10-16)27(29)30)26-13-5-6-17(14-26)20(28)23-18-7-3-2-4-8-18/h2-4,7-12,15,17H,5-6,13-14H2,1H3,(H,23,28)/t15-,17+/m1/s1. The van der Waals surface area contributed by atoms with E-state index in [9.17, 15) is 14.9 Å². The number of hydrogen-bond donors (Lipinski definition) is 1. The van der Waals surface area contributed by atoms with Crippen molar-refractivity contribution in [2.24, 2.45) is 5.92 Å². The van der Waals surface area contributed by atoms with Gasteiger partial charge in [-0.2, -0.15) is 0 Å². The number of non-ortho nitro benzene ring substituents is 1. The molecule has 1 aliphatic rings. The summed E-state index contributed by atoms with van der Waals surface area (Å²) in [4.78, 5) is 25.2. The predicted octanol–water partition coefficient (Wildman–Crippen LogP) is 4.06. The molecule has 0 aliphatic carbocycles. The van der Waals surface area contributed by atoms with Crippen molar-refractivity contribution in [3.8, 4) is 11.5 Å². The van der Waals surface area contributed by atoms with Crippen LogP contribution in [0.25, 0.3) is 11.5 Å². The Labute approximate surface area is 179 Å². The highest BCUT2D eigenvalue weighted by Crippen LogP contribution is 2.29. The van der Waals surface area contributed by atoms with E-state index in [4.69, 9.17) is 4.42 Å². The number of piperidine rings is 1. The van der Waals surface area contributed by atoms with E-state index in [0.717, 1.165) is 25.1 Å². The largest absolute Gasteiger partial charge is 0.419 e. The number of anilines is 1. The first-order valence-corrected chi connectivity index (χ1v) is 10.2. The lowest BCUT2D eigenvalue weighted by Gasteiger charge is -2.34. The van der Waals surface area contributed by atoms with Gasteiger partial charge < -0.3 is 9.73 Å². The van der Waals surface area contributed by atoms with Crippen molar-refractivity contribution in [3.63, 3.8) is 0 Å². The average molecular weight is 421 g/mol. The summed E-state index contributed by atoms with van der Waals surface area (Å²) < 4.78 is 5.84. The fourth-order valence-electron chi connectivity index (χ4n) is 3.74. The zero-order valence-corrected chi connectivity index (χ0v) is 17.1. The van der Waals surface area contributed by atoms with Gasteiger partial charge >= 0.3 is 0 Å². The summed E-state index contributed by atoms with van der Waals surface area (Å²) in [6, 6.07) is 15.3. The molecule has 3 aromatic rings. The van der Waals surface area contributed by atoms with Crippen molar-refractivity contribution in [2.45, 2.75) is 25.8 Å². The van der Waals surface area contributed by atoms with E-state index in [2.05, 4.69) is 20.4 Å². The number of para-hydroxylation sites is 1. The number of hydrogen-bond acceptors (Lipinski definition) is 7. The van der Waals surface area contributed by atoms with Gasteiger partial charge in [-0.25, -0.2) is 0 Å². The fraction of sp³-hybridized carbons (Fsp3) is 0.318. The molecule has 2 heterocycles. The number of rotatable bonds is 6. The zero-order valence-electron chi connectivity index (χ0n) is 17.1. The van der Waals surface area contributed by atoms with Gasteiger partial charge in [0.05, 0.1) is 16.9 Å². The molecule has 0 spiro atoms. The number of nitrogens with zero attached hydrogens (tertiary/aromatic N) is 4. The number of benzene rings is 2. The van der Waals surface area contributed by atoms with Gasteiger partial charge in [0.2, 0.25) is 17.7 Å². The number of nitro benzene ring substituents is 1. The second-order valence-corrected chi connectivity index (χ2v) is 7.61. The first-order chi connectivity index (χ1) is 15.0. The molecule has 0 radical (unpaired) electrons. The lowest BCUT2D eigenvalue weighted by atomic mass is 9.96. The van der Waals surface area contributed by atoms with Crippen LogP contribution in [0, 0.1) is 16.0 Å². The van der Waals surface area contributed by atoms with Gasteiger partial charge in [0, 0.05) is 29.9 Å². The van der Waals surface area contributed by atoms with E-state index in [1.54, 1.807) is 12.1 Å². The third-order valence-corrected chi connectivity index (χ3v) is 5.54. The van der Waals surface area contributed by atoms with E-state index in [1.807, 2.05) is 37.3 Å². The lowest BCUT2D eigenvalue weighted by molar-refractivity contribution is -0.384. The Bertz CT molecular complexity index is 1050. The maximum Gasteiger partial charge on any atom is 0.269 e. The third kappa shape index (κ3) is 4.77. The maximum atomic E-state index is 12.7. The predicted molar refractivity (Wildman–Crippen MR) is 114 cm³/mol. The molecule has 1 saturated heterocycles. The molecule has 0 saturated carbocycles. The molecule has 2 aromatic carbocycles. The van der Waals surface area contributed by atoms with Gasteiger partial charge in [-0.1, -0.05) is 18.2 Å². The van der Waals surface area contributed by atoms with E-state index >= 15 is 0 Å². The van der Waals surface area contributed by atoms with Crippen LogP contribution < -0.4 is 5.32 Å². The highest BCUT2D eigenvalue weighted by Gasteiger charge is 2.31. The topological polar surface area (TPSA) is 114 Å². The summed E-state index contributed by atoms with van der Waals surface area (Å²) in [5, 5.41) is 22.1. The van der Waals surface area contributed by atoms with Gasteiger partial charge in [0.1, 0.15) is 0 Å². The van der Waals surface area contributed by atoms with Crippen LogP contribution >= 0.6 is 0 Å². The summed E-state index contributed by atoms with van der Waals surface area (Å²) in [6.45, 7) is 3.42. The molecule has 0 bridgehead atoms. The Morgan fingerprint density at radius 2 is 1.94 bits per heavy atom. The van der Waals surface area contributed by atoms with Gasteiger partial charge in [0.15, 0.2) is 0 Å². The molecule has 160 valence electrons. The van der Waals surface area contributed by atoms with Crippen LogP contribution in [-0.2, 0) is 4.79 Å². The first kappa shape index (κ1) is 20.7. The molecule has 9 nitrogen and oxygen atoms in total. The van der Waals surface area contributed by atoms with Crippen molar-refractivity contribution in [1.29, 1.82) is 0 Å². The number of amides is 1. The molecule has 1 aromatic heterocycles. The van der Waals surface area contributed by atoms with Crippen molar-refractivity contribution in [1.82, 2.24) is 15.1 Å². The normalized spacial score (nSPS) is 17.8. The number of carbonyl (C=O) groups excluding carboxylic acids is 1. The number of aromatic nitrogens is 2. The minimum Gasteiger partial charge on any atom is -0.419 e. The third-order valence-electron chi connectivity index (χ3n) is 5.54. The molecule has 31 heavy (non-hydrogen) atoms. The molecular formula is C22H23N5O4. The minimum atomic E-state index is -0.453. The molecule has 1 fully saturated rings. The Kier molecular flexibility index (Phi) is 6.03. The quantitative estimate of drug-likeness (QED) is 0.471. The second kappa shape index (κ2) is 9.05. The number of likely N-dealkylation sites (tertiary alicyclic amines) is 1. The average Bonchev–Trinajstić information content (AvgIpc) is 3.30. The Morgan fingerprint density at radius 3 is 2.65 bits per heavy atom. The molecule has 1 amide bonds. The fourth-order valence-corrected chi connectivity index (χ4v) is 3.74. The van der Waals surface area contributed by atoms with Crippen molar-refractivity contribution in [3.05, 3.63) is 70.6 Å². The smallest absolute Gasteiger partial charge is 0.269 e. The van der Waals surface area contributed by atoms with Crippen LogP contribution in [0.3, 0.4) is 0 Å². The van der Waals surface area contributed by atoms with Crippen molar-refractivity contribution in [2.75, 3.05) is 18.4 Å². The van der Waals surface area contributed by atoms with Gasteiger partial charge in [-0.05, 0) is 50.6 Å².